The molecule has 0 aliphatic heterocycles. The average molecular weight is 318 g/mol. The van der Waals surface area contributed by atoms with Gasteiger partial charge < -0.3 is 5.73 Å². The molecule has 114 valence electrons. The zero-order chi connectivity index (χ0) is 14.9. The highest BCUT2D eigenvalue weighted by Crippen LogP contribution is 2.36. The average Bonchev–Trinajstić information content (AvgIpc) is 2.69. The number of nitrogens with two attached hydrogens (primary N) is 1. The number of nitrogen functional groups attached to an aromatic ring is 1. The molecule has 8 heteroatoms. The Bertz CT molecular complexity index is 568. The molecule has 1 heterocycles. The van der Waals surface area contributed by atoms with Crippen molar-refractivity contribution >= 4 is 27.5 Å². The summed E-state index contributed by atoms with van der Waals surface area (Å²) in [6.07, 6.45) is 4.75. The number of anilines is 1. The summed E-state index contributed by atoms with van der Waals surface area (Å²) in [5.74, 6) is 0.415. The second kappa shape index (κ2) is 5.93. The number of hydrogen-bond acceptors (Lipinski definition) is 6. The van der Waals surface area contributed by atoms with Gasteiger partial charge in [0, 0.05) is 17.5 Å². The van der Waals surface area contributed by atoms with E-state index in [1.807, 2.05) is 18.4 Å². The summed E-state index contributed by atoms with van der Waals surface area (Å²) in [7, 11) is -2.95. The first-order valence-electron chi connectivity index (χ1n) is 6.85. The predicted molar refractivity (Wildman–Crippen MR) is 81.6 cm³/mol. The van der Waals surface area contributed by atoms with Crippen LogP contribution < -0.4 is 5.73 Å². The molecule has 1 saturated carbocycles. The summed E-state index contributed by atoms with van der Waals surface area (Å²) in [6, 6.07) is 0.196. The molecule has 0 saturated heterocycles. The lowest BCUT2D eigenvalue weighted by molar-refractivity contribution is 0.492. The Balaban J connectivity index is 2.11. The lowest BCUT2D eigenvalue weighted by atomic mass is 10.00. The van der Waals surface area contributed by atoms with Gasteiger partial charge in [0.2, 0.25) is 5.95 Å². The summed E-state index contributed by atoms with van der Waals surface area (Å²) < 4.78 is 25.3. The fourth-order valence-electron chi connectivity index (χ4n) is 2.60. The van der Waals surface area contributed by atoms with Gasteiger partial charge in [0.15, 0.2) is 5.16 Å². The smallest absolute Gasteiger partial charge is 0.222 e. The van der Waals surface area contributed by atoms with E-state index >= 15 is 0 Å². The largest absolute Gasteiger partial charge is 0.368 e. The van der Waals surface area contributed by atoms with Crippen LogP contribution in [0, 0.1) is 0 Å². The van der Waals surface area contributed by atoms with Crippen molar-refractivity contribution in [1.82, 2.24) is 14.8 Å². The van der Waals surface area contributed by atoms with Gasteiger partial charge in [-0.05, 0) is 33.1 Å². The molecule has 1 aromatic rings. The Labute approximate surface area is 124 Å². The molecule has 0 spiro atoms. The maximum Gasteiger partial charge on any atom is 0.222 e. The van der Waals surface area contributed by atoms with Crippen LogP contribution >= 0.6 is 11.8 Å². The number of nitrogens with zero attached hydrogens (tertiary/aromatic N) is 3. The van der Waals surface area contributed by atoms with E-state index in [4.69, 9.17) is 5.73 Å². The number of thioether (sulfide) groups is 1. The maximum absolute atomic E-state index is 11.7. The number of aromatic nitrogens is 3. The minimum absolute atomic E-state index is 0.196. The van der Waals surface area contributed by atoms with Gasteiger partial charge >= 0.3 is 0 Å². The van der Waals surface area contributed by atoms with Crippen LogP contribution in [0.15, 0.2) is 5.16 Å². The Hall–Kier alpha value is -0.760. The van der Waals surface area contributed by atoms with Gasteiger partial charge in [-0.25, -0.2) is 8.42 Å². The summed E-state index contributed by atoms with van der Waals surface area (Å²) >= 11 is 1.61. The van der Waals surface area contributed by atoms with E-state index in [0.717, 1.165) is 24.4 Å². The first kappa shape index (κ1) is 15.6. The van der Waals surface area contributed by atoms with E-state index in [9.17, 15) is 8.42 Å². The predicted octanol–water partition coefficient (Wildman–Crippen LogP) is 1.89. The van der Waals surface area contributed by atoms with Crippen LogP contribution in [0.25, 0.3) is 0 Å². The van der Waals surface area contributed by atoms with E-state index in [-0.39, 0.29) is 16.5 Å². The zero-order valence-corrected chi connectivity index (χ0v) is 13.7. The molecule has 0 amide bonds. The first-order valence-corrected chi connectivity index (χ1v) is 9.68. The molecule has 1 aromatic heterocycles. The molecule has 1 aliphatic rings. The molecule has 1 fully saturated rings. The van der Waals surface area contributed by atoms with Crippen molar-refractivity contribution in [3.63, 3.8) is 0 Å². The van der Waals surface area contributed by atoms with Crippen molar-refractivity contribution < 1.29 is 8.42 Å². The molecule has 2 rings (SSSR count). The molecule has 2 atom stereocenters. The minimum Gasteiger partial charge on any atom is -0.368 e. The minimum atomic E-state index is -2.95. The van der Waals surface area contributed by atoms with E-state index in [0.29, 0.717) is 12.4 Å². The van der Waals surface area contributed by atoms with E-state index in [2.05, 4.69) is 10.2 Å². The lowest BCUT2D eigenvalue weighted by Crippen LogP contribution is -2.28. The second-order valence-corrected chi connectivity index (χ2v) is 9.26. The Morgan fingerprint density at radius 1 is 1.35 bits per heavy atom. The Morgan fingerprint density at radius 2 is 2.05 bits per heavy atom. The molecule has 2 N–H and O–H groups in total. The van der Waals surface area contributed by atoms with Gasteiger partial charge in [-0.1, -0.05) is 18.2 Å². The van der Waals surface area contributed by atoms with Crippen molar-refractivity contribution in [3.8, 4) is 0 Å². The molecule has 20 heavy (non-hydrogen) atoms. The quantitative estimate of drug-likeness (QED) is 0.911. The van der Waals surface area contributed by atoms with Crippen molar-refractivity contribution in [2.24, 2.45) is 0 Å². The second-order valence-electron chi connectivity index (χ2n) is 5.66. The van der Waals surface area contributed by atoms with E-state index in [1.54, 1.807) is 11.8 Å². The fourth-order valence-corrected chi connectivity index (χ4v) is 5.32. The number of rotatable bonds is 4. The normalized spacial score (nSPS) is 24.2. The van der Waals surface area contributed by atoms with Crippen LogP contribution in [0.5, 0.6) is 0 Å². The highest BCUT2D eigenvalue weighted by Gasteiger charge is 2.30. The van der Waals surface area contributed by atoms with Crippen LogP contribution in [0.3, 0.4) is 0 Å². The van der Waals surface area contributed by atoms with Gasteiger partial charge in [0.1, 0.15) is 9.84 Å². The van der Waals surface area contributed by atoms with Crippen molar-refractivity contribution in [1.29, 1.82) is 0 Å². The van der Waals surface area contributed by atoms with Crippen molar-refractivity contribution in [2.45, 2.75) is 61.2 Å². The van der Waals surface area contributed by atoms with Crippen LogP contribution in [-0.2, 0) is 9.84 Å². The number of hydrogen-bond donors (Lipinski definition) is 1. The number of sulfone groups is 1. The standard InChI is InChI=1S/C12H22N4O2S2/c1-8(2)16-11(13)14-15-12(16)19-9-5-4-6-10(7-9)20(3,17)18/h8-10H,4-7H2,1-3H3,(H2,13,14). The van der Waals surface area contributed by atoms with Crippen LogP contribution in [0.4, 0.5) is 5.95 Å². The first-order chi connectivity index (χ1) is 9.29. The van der Waals surface area contributed by atoms with Crippen LogP contribution in [0.1, 0.15) is 45.6 Å². The van der Waals surface area contributed by atoms with Gasteiger partial charge in [-0.3, -0.25) is 4.57 Å². The summed E-state index contributed by atoms with van der Waals surface area (Å²) in [5.41, 5.74) is 5.82. The van der Waals surface area contributed by atoms with Crippen LogP contribution in [0.2, 0.25) is 0 Å². The molecule has 0 radical (unpaired) electrons. The van der Waals surface area contributed by atoms with E-state index in [1.165, 1.54) is 6.26 Å². The Morgan fingerprint density at radius 3 is 2.65 bits per heavy atom. The topological polar surface area (TPSA) is 90.9 Å². The SMILES string of the molecule is CC(C)n1c(N)nnc1SC1CCCC(S(C)(=O)=O)C1. The summed E-state index contributed by atoms with van der Waals surface area (Å²) in [5, 5.41) is 8.88. The third-order valence-corrected chi connectivity index (χ3v) is 6.55. The molecule has 0 bridgehead atoms. The summed E-state index contributed by atoms with van der Waals surface area (Å²) in [6.45, 7) is 4.06. The van der Waals surface area contributed by atoms with E-state index < -0.39 is 9.84 Å². The molecular weight excluding hydrogens is 296 g/mol. The highest BCUT2D eigenvalue weighted by molar-refractivity contribution is 7.99. The molecular formula is C12H22N4O2S2. The third-order valence-electron chi connectivity index (χ3n) is 3.66. The molecule has 6 nitrogen and oxygen atoms in total. The van der Waals surface area contributed by atoms with Crippen molar-refractivity contribution in [2.75, 3.05) is 12.0 Å². The van der Waals surface area contributed by atoms with Crippen LogP contribution in [-0.4, -0.2) is 39.9 Å². The molecule has 1 aliphatic carbocycles. The monoisotopic (exact) mass is 318 g/mol. The van der Waals surface area contributed by atoms with Crippen molar-refractivity contribution in [3.05, 3.63) is 0 Å². The maximum atomic E-state index is 11.7. The highest BCUT2D eigenvalue weighted by atomic mass is 32.2. The molecule has 0 aromatic carbocycles. The summed E-state index contributed by atoms with van der Waals surface area (Å²) in [4.78, 5) is 0. The zero-order valence-electron chi connectivity index (χ0n) is 12.1. The fraction of sp³-hybridized carbons (Fsp3) is 0.833. The lowest BCUT2D eigenvalue weighted by Gasteiger charge is -2.27. The van der Waals surface area contributed by atoms with Gasteiger partial charge in [-0.2, -0.15) is 0 Å². The van der Waals surface area contributed by atoms with Gasteiger partial charge in [0.25, 0.3) is 0 Å². The Kier molecular flexibility index (Phi) is 4.63. The third kappa shape index (κ3) is 3.46. The van der Waals surface area contributed by atoms with Gasteiger partial charge in [0.05, 0.1) is 5.25 Å². The van der Waals surface area contributed by atoms with Gasteiger partial charge in [-0.15, -0.1) is 10.2 Å². The molecule has 2 unspecified atom stereocenters.